The highest BCUT2D eigenvalue weighted by Gasteiger charge is 2.11. The number of aliphatic carboxylic acids is 1. The molecular formula is C15H16N2O3S. The molecule has 1 amide bonds. The van der Waals surface area contributed by atoms with Crippen LogP contribution >= 0.6 is 11.3 Å². The summed E-state index contributed by atoms with van der Waals surface area (Å²) >= 11 is 1.38. The van der Waals surface area contributed by atoms with Gasteiger partial charge in [0, 0.05) is 5.69 Å². The van der Waals surface area contributed by atoms with Crippen molar-refractivity contribution in [2.24, 2.45) is 0 Å². The van der Waals surface area contributed by atoms with Crippen LogP contribution in [0.2, 0.25) is 0 Å². The molecule has 2 N–H and O–H groups in total. The second-order valence-electron chi connectivity index (χ2n) is 4.59. The number of hydrogen-bond acceptors (Lipinski definition) is 4. The number of amides is 1. The molecule has 0 fully saturated rings. The fourth-order valence-corrected chi connectivity index (χ4v) is 2.79. The van der Waals surface area contributed by atoms with E-state index in [2.05, 4.69) is 17.2 Å². The molecule has 0 spiro atoms. The third kappa shape index (κ3) is 4.39. The predicted octanol–water partition coefficient (Wildman–Crippen LogP) is 2.98. The second-order valence-corrected chi connectivity index (χ2v) is 5.71. The number of benzene rings is 1. The maximum atomic E-state index is 12.1. The first-order chi connectivity index (χ1) is 10.1. The first-order valence-electron chi connectivity index (χ1n) is 6.65. The third-order valence-corrected chi connectivity index (χ3v) is 3.84. The van der Waals surface area contributed by atoms with Gasteiger partial charge in [-0.3, -0.25) is 9.59 Å². The number of rotatable bonds is 6. The van der Waals surface area contributed by atoms with Gasteiger partial charge in [0.25, 0.3) is 5.91 Å². The number of aromatic nitrogens is 1. The van der Waals surface area contributed by atoms with E-state index in [0.29, 0.717) is 16.1 Å². The van der Waals surface area contributed by atoms with Gasteiger partial charge in [-0.2, -0.15) is 0 Å². The minimum atomic E-state index is -0.898. The number of carboxylic acids is 1. The summed E-state index contributed by atoms with van der Waals surface area (Å²) < 4.78 is 0. The Morgan fingerprint density at radius 2 is 2.19 bits per heavy atom. The van der Waals surface area contributed by atoms with Crippen LogP contribution in [-0.4, -0.2) is 22.0 Å². The lowest BCUT2D eigenvalue weighted by Crippen LogP contribution is -2.10. The molecular weight excluding hydrogens is 288 g/mol. The first-order valence-corrected chi connectivity index (χ1v) is 7.47. The average Bonchev–Trinajstić information content (AvgIpc) is 2.87. The van der Waals surface area contributed by atoms with Crippen LogP contribution < -0.4 is 5.32 Å². The molecule has 0 atom stereocenters. The molecule has 0 radical (unpaired) electrons. The van der Waals surface area contributed by atoms with Crippen LogP contribution in [0, 0.1) is 0 Å². The van der Waals surface area contributed by atoms with Crippen LogP contribution in [-0.2, 0) is 17.6 Å². The molecule has 0 saturated heterocycles. The van der Waals surface area contributed by atoms with E-state index in [0.717, 1.165) is 17.8 Å². The number of carbonyl (C=O) groups is 2. The second kappa shape index (κ2) is 6.99. The number of carboxylic acid groups (broad SMARTS) is 1. The minimum absolute atomic E-state index is 0.0646. The quantitative estimate of drug-likeness (QED) is 0.860. The highest BCUT2D eigenvalue weighted by molar-refractivity contribution is 7.13. The molecule has 21 heavy (non-hydrogen) atoms. The molecule has 5 nitrogen and oxygen atoms in total. The fourth-order valence-electron chi connectivity index (χ4n) is 1.87. The lowest BCUT2D eigenvalue weighted by molar-refractivity contribution is -0.136. The number of anilines is 1. The number of carbonyl (C=O) groups excluding carboxylic acids is 1. The van der Waals surface area contributed by atoms with Gasteiger partial charge in [-0.25, -0.2) is 4.98 Å². The molecule has 0 aliphatic rings. The molecule has 0 aliphatic carbocycles. The number of hydrogen-bond donors (Lipinski definition) is 2. The van der Waals surface area contributed by atoms with E-state index in [4.69, 9.17) is 5.11 Å². The maximum absolute atomic E-state index is 12.1. The van der Waals surface area contributed by atoms with Crippen LogP contribution in [0.5, 0.6) is 0 Å². The Bertz CT molecular complexity index is 652. The SMILES string of the molecule is CCCc1ncc(C(=O)Nc2cccc(CC(=O)O)c2)s1. The monoisotopic (exact) mass is 304 g/mol. The highest BCUT2D eigenvalue weighted by Crippen LogP contribution is 2.17. The normalized spacial score (nSPS) is 10.3. The van der Waals surface area contributed by atoms with Gasteiger partial charge in [0.2, 0.25) is 0 Å². The Labute approximate surface area is 126 Å². The van der Waals surface area contributed by atoms with Crippen LogP contribution in [0.4, 0.5) is 5.69 Å². The van der Waals surface area contributed by atoms with E-state index in [1.165, 1.54) is 11.3 Å². The van der Waals surface area contributed by atoms with Gasteiger partial charge in [-0.15, -0.1) is 11.3 Å². The number of aryl methyl sites for hydroxylation is 1. The van der Waals surface area contributed by atoms with E-state index in [-0.39, 0.29) is 12.3 Å². The zero-order valence-corrected chi connectivity index (χ0v) is 12.4. The summed E-state index contributed by atoms with van der Waals surface area (Å²) in [5.41, 5.74) is 1.24. The number of nitrogens with one attached hydrogen (secondary N) is 1. The van der Waals surface area contributed by atoms with Gasteiger partial charge in [-0.1, -0.05) is 19.1 Å². The van der Waals surface area contributed by atoms with Crippen molar-refractivity contribution in [3.05, 3.63) is 45.9 Å². The lowest BCUT2D eigenvalue weighted by Gasteiger charge is -2.05. The van der Waals surface area contributed by atoms with Crippen molar-refractivity contribution in [1.82, 2.24) is 4.98 Å². The zero-order valence-electron chi connectivity index (χ0n) is 11.6. The van der Waals surface area contributed by atoms with E-state index in [9.17, 15) is 9.59 Å². The Hall–Kier alpha value is -2.21. The Morgan fingerprint density at radius 1 is 1.38 bits per heavy atom. The number of thiazole rings is 1. The van der Waals surface area contributed by atoms with Gasteiger partial charge >= 0.3 is 5.97 Å². The van der Waals surface area contributed by atoms with Crippen molar-refractivity contribution in [3.8, 4) is 0 Å². The van der Waals surface area contributed by atoms with Crippen molar-refractivity contribution in [2.75, 3.05) is 5.32 Å². The van der Waals surface area contributed by atoms with Crippen molar-refractivity contribution in [3.63, 3.8) is 0 Å². The van der Waals surface area contributed by atoms with Gasteiger partial charge in [0.15, 0.2) is 0 Å². The van der Waals surface area contributed by atoms with Gasteiger partial charge in [-0.05, 0) is 30.5 Å². The van der Waals surface area contributed by atoms with E-state index in [1.54, 1.807) is 30.5 Å². The summed E-state index contributed by atoms with van der Waals surface area (Å²) in [4.78, 5) is 27.6. The molecule has 2 aromatic rings. The topological polar surface area (TPSA) is 79.3 Å². The molecule has 0 aliphatic heterocycles. The molecule has 2 rings (SSSR count). The summed E-state index contributed by atoms with van der Waals surface area (Å²) in [5.74, 6) is -1.12. The van der Waals surface area contributed by atoms with Gasteiger partial charge in [0.1, 0.15) is 4.88 Å². The smallest absolute Gasteiger partial charge is 0.307 e. The van der Waals surface area contributed by atoms with Crippen molar-refractivity contribution < 1.29 is 14.7 Å². The van der Waals surface area contributed by atoms with Crippen molar-refractivity contribution >= 4 is 28.9 Å². The summed E-state index contributed by atoms with van der Waals surface area (Å²) in [6.07, 6.45) is 3.37. The molecule has 1 heterocycles. The average molecular weight is 304 g/mol. The fraction of sp³-hybridized carbons (Fsp3) is 0.267. The van der Waals surface area contributed by atoms with Crippen LogP contribution in [0.3, 0.4) is 0 Å². The van der Waals surface area contributed by atoms with Crippen LogP contribution in [0.1, 0.15) is 33.6 Å². The van der Waals surface area contributed by atoms with Gasteiger partial charge in [0.05, 0.1) is 17.6 Å². The lowest BCUT2D eigenvalue weighted by atomic mass is 10.1. The predicted molar refractivity (Wildman–Crippen MR) is 81.8 cm³/mol. The van der Waals surface area contributed by atoms with E-state index >= 15 is 0 Å². The van der Waals surface area contributed by atoms with Crippen LogP contribution in [0.15, 0.2) is 30.5 Å². The minimum Gasteiger partial charge on any atom is -0.481 e. The molecule has 6 heteroatoms. The first kappa shape index (κ1) is 15.2. The van der Waals surface area contributed by atoms with Crippen molar-refractivity contribution in [1.29, 1.82) is 0 Å². The molecule has 0 bridgehead atoms. The summed E-state index contributed by atoms with van der Waals surface area (Å²) in [6.45, 7) is 2.06. The largest absolute Gasteiger partial charge is 0.481 e. The third-order valence-electron chi connectivity index (χ3n) is 2.78. The maximum Gasteiger partial charge on any atom is 0.307 e. The Morgan fingerprint density at radius 3 is 2.90 bits per heavy atom. The Balaban J connectivity index is 2.06. The molecule has 0 unspecified atom stereocenters. The van der Waals surface area contributed by atoms with Gasteiger partial charge < -0.3 is 10.4 Å². The van der Waals surface area contributed by atoms with Crippen molar-refractivity contribution in [2.45, 2.75) is 26.2 Å². The molecule has 0 saturated carbocycles. The zero-order chi connectivity index (χ0) is 15.2. The summed E-state index contributed by atoms with van der Waals surface area (Å²) in [5, 5.41) is 12.5. The highest BCUT2D eigenvalue weighted by atomic mass is 32.1. The number of nitrogens with zero attached hydrogens (tertiary/aromatic N) is 1. The Kier molecular flexibility index (Phi) is 5.05. The van der Waals surface area contributed by atoms with E-state index < -0.39 is 5.97 Å². The molecule has 1 aromatic carbocycles. The molecule has 1 aromatic heterocycles. The molecule has 110 valence electrons. The summed E-state index contributed by atoms with van der Waals surface area (Å²) in [6, 6.07) is 6.84. The van der Waals surface area contributed by atoms with Crippen LogP contribution in [0.25, 0.3) is 0 Å². The summed E-state index contributed by atoms with van der Waals surface area (Å²) in [7, 11) is 0. The van der Waals surface area contributed by atoms with E-state index in [1.807, 2.05) is 0 Å². The standard InChI is InChI=1S/C15H16N2O3S/c1-2-4-13-16-9-12(21-13)15(20)17-11-6-3-5-10(7-11)8-14(18)19/h3,5-7,9H,2,4,8H2,1H3,(H,17,20)(H,18,19).